The van der Waals surface area contributed by atoms with E-state index in [-0.39, 0.29) is 23.2 Å². The van der Waals surface area contributed by atoms with E-state index >= 15 is 0 Å². The summed E-state index contributed by atoms with van der Waals surface area (Å²) in [5, 5.41) is 3.60. The molecule has 0 spiro atoms. The van der Waals surface area contributed by atoms with Gasteiger partial charge in [0.15, 0.2) is 0 Å². The van der Waals surface area contributed by atoms with Crippen molar-refractivity contribution >= 4 is 21.6 Å². The van der Waals surface area contributed by atoms with Crippen molar-refractivity contribution in [2.75, 3.05) is 11.9 Å². The lowest BCUT2D eigenvalue weighted by molar-refractivity contribution is 0.135. The lowest BCUT2D eigenvalue weighted by atomic mass is 9.65. The molecule has 0 aromatic heterocycles. The zero-order valence-corrected chi connectivity index (χ0v) is 14.1. The molecule has 4 heteroatoms. The average molecular weight is 362 g/mol. The van der Waals surface area contributed by atoms with Crippen LogP contribution in [0.25, 0.3) is 0 Å². The quantitative estimate of drug-likeness (QED) is 0.709. The minimum atomic E-state index is -0.188. The van der Waals surface area contributed by atoms with Gasteiger partial charge in [-0.15, -0.1) is 0 Å². The van der Waals surface area contributed by atoms with Crippen LogP contribution in [-0.2, 0) is 5.41 Å². The summed E-state index contributed by atoms with van der Waals surface area (Å²) < 4.78 is 20.7. The fraction of sp³-hybridized carbons (Fsp3) is 0.333. The molecule has 0 amide bonds. The topological polar surface area (TPSA) is 21.3 Å². The molecule has 0 bridgehead atoms. The monoisotopic (exact) mass is 361 g/mol. The molecule has 22 heavy (non-hydrogen) atoms. The molecule has 2 aliphatic rings. The van der Waals surface area contributed by atoms with Gasteiger partial charge in [-0.3, -0.25) is 0 Å². The lowest BCUT2D eigenvalue weighted by Gasteiger charge is -2.48. The van der Waals surface area contributed by atoms with Crippen molar-refractivity contribution in [3.05, 3.63) is 57.8 Å². The number of halogens is 2. The Morgan fingerprint density at radius 3 is 2.86 bits per heavy atom. The van der Waals surface area contributed by atoms with Gasteiger partial charge in [0, 0.05) is 27.1 Å². The number of hydrogen-bond donors (Lipinski definition) is 1. The SMILES string of the molecule is CC1(C)c2cc(F)ccc2N[C@@H]2c3cc(Br)ccc3OC[C@H]21. The Hall–Kier alpha value is -1.55. The Kier molecular flexibility index (Phi) is 3.02. The standard InChI is InChI=1S/C18H17BrFNO/c1-18(2)13-8-11(20)4-5-15(13)21-17-12-7-10(19)3-6-16(12)22-9-14(17)18/h3-8,14,17,21H,9H2,1-2H3/t14-,17-/m1/s1. The van der Waals surface area contributed by atoms with Crippen molar-refractivity contribution in [2.45, 2.75) is 25.3 Å². The molecular formula is C18H17BrFNO. The first-order chi connectivity index (χ1) is 10.5. The second kappa shape index (κ2) is 4.72. The molecule has 0 aliphatic carbocycles. The van der Waals surface area contributed by atoms with Crippen LogP contribution in [0.5, 0.6) is 5.75 Å². The molecular weight excluding hydrogens is 345 g/mol. The van der Waals surface area contributed by atoms with Crippen molar-refractivity contribution < 1.29 is 9.13 Å². The van der Waals surface area contributed by atoms with E-state index in [1.807, 2.05) is 18.2 Å². The smallest absolute Gasteiger partial charge is 0.124 e. The van der Waals surface area contributed by atoms with Gasteiger partial charge in [0.25, 0.3) is 0 Å². The summed E-state index contributed by atoms with van der Waals surface area (Å²) in [6.07, 6.45) is 0. The van der Waals surface area contributed by atoms with Crippen molar-refractivity contribution in [3.63, 3.8) is 0 Å². The molecule has 2 atom stereocenters. The highest BCUT2D eigenvalue weighted by atomic mass is 79.9. The first-order valence-corrected chi connectivity index (χ1v) is 8.25. The summed E-state index contributed by atoms with van der Waals surface area (Å²) in [6, 6.07) is 11.3. The van der Waals surface area contributed by atoms with Crippen LogP contribution in [0.2, 0.25) is 0 Å². The lowest BCUT2D eigenvalue weighted by Crippen LogP contribution is -2.46. The van der Waals surface area contributed by atoms with Gasteiger partial charge in [0.2, 0.25) is 0 Å². The molecule has 0 radical (unpaired) electrons. The number of rotatable bonds is 0. The minimum Gasteiger partial charge on any atom is -0.493 e. The molecule has 2 aliphatic heterocycles. The Labute approximate surface area is 137 Å². The second-order valence-corrected chi connectivity index (χ2v) is 7.55. The van der Waals surface area contributed by atoms with E-state index in [0.717, 1.165) is 27.0 Å². The van der Waals surface area contributed by atoms with E-state index < -0.39 is 0 Å². The highest BCUT2D eigenvalue weighted by Gasteiger charge is 2.46. The largest absolute Gasteiger partial charge is 0.493 e. The van der Waals surface area contributed by atoms with E-state index in [9.17, 15) is 4.39 Å². The van der Waals surface area contributed by atoms with Crippen LogP contribution in [0.4, 0.5) is 10.1 Å². The predicted molar refractivity (Wildman–Crippen MR) is 88.9 cm³/mol. The van der Waals surface area contributed by atoms with E-state index in [1.54, 1.807) is 6.07 Å². The van der Waals surface area contributed by atoms with Gasteiger partial charge < -0.3 is 10.1 Å². The molecule has 0 saturated heterocycles. The summed E-state index contributed by atoms with van der Waals surface area (Å²) >= 11 is 3.54. The molecule has 0 fully saturated rings. The van der Waals surface area contributed by atoms with Gasteiger partial charge in [0.05, 0.1) is 12.6 Å². The Balaban J connectivity index is 1.88. The number of benzene rings is 2. The summed E-state index contributed by atoms with van der Waals surface area (Å²) in [4.78, 5) is 0. The third-order valence-electron chi connectivity index (χ3n) is 5.04. The third kappa shape index (κ3) is 1.97. The van der Waals surface area contributed by atoms with Gasteiger partial charge in [-0.1, -0.05) is 29.8 Å². The third-order valence-corrected chi connectivity index (χ3v) is 5.53. The molecule has 0 saturated carbocycles. The minimum absolute atomic E-state index is 0.159. The fourth-order valence-electron chi connectivity index (χ4n) is 3.73. The second-order valence-electron chi connectivity index (χ2n) is 6.63. The first-order valence-electron chi connectivity index (χ1n) is 7.45. The Morgan fingerprint density at radius 2 is 2.05 bits per heavy atom. The van der Waals surface area contributed by atoms with Crippen LogP contribution in [0.3, 0.4) is 0 Å². The van der Waals surface area contributed by atoms with Crippen LogP contribution in [0.15, 0.2) is 40.9 Å². The van der Waals surface area contributed by atoms with Gasteiger partial charge >= 0.3 is 0 Å². The average Bonchev–Trinajstić information content (AvgIpc) is 2.48. The van der Waals surface area contributed by atoms with Crippen LogP contribution in [0, 0.1) is 11.7 Å². The van der Waals surface area contributed by atoms with Crippen LogP contribution in [0.1, 0.15) is 31.0 Å². The summed E-state index contributed by atoms with van der Waals surface area (Å²) in [7, 11) is 0. The highest BCUT2D eigenvalue weighted by Crippen LogP contribution is 2.52. The molecule has 1 N–H and O–H groups in total. The van der Waals surface area contributed by atoms with Crippen LogP contribution in [-0.4, -0.2) is 6.61 Å². The predicted octanol–water partition coefficient (Wildman–Crippen LogP) is 5.04. The van der Waals surface area contributed by atoms with Gasteiger partial charge in [-0.25, -0.2) is 4.39 Å². The zero-order chi connectivity index (χ0) is 15.5. The number of nitrogens with one attached hydrogen (secondary N) is 1. The highest BCUT2D eigenvalue weighted by molar-refractivity contribution is 9.10. The molecule has 0 unspecified atom stereocenters. The van der Waals surface area contributed by atoms with E-state index in [4.69, 9.17) is 4.74 Å². The summed E-state index contributed by atoms with van der Waals surface area (Å²) in [5.41, 5.74) is 3.04. The zero-order valence-electron chi connectivity index (χ0n) is 12.5. The van der Waals surface area contributed by atoms with Gasteiger partial charge in [0.1, 0.15) is 11.6 Å². The van der Waals surface area contributed by atoms with Crippen molar-refractivity contribution in [3.8, 4) is 5.75 Å². The fourth-order valence-corrected chi connectivity index (χ4v) is 4.11. The summed E-state index contributed by atoms with van der Waals surface area (Å²) in [5.74, 6) is 0.994. The van der Waals surface area contributed by atoms with E-state index in [0.29, 0.717) is 6.61 Å². The molecule has 4 rings (SSSR count). The normalized spacial score (nSPS) is 24.4. The molecule has 2 aromatic rings. The van der Waals surface area contributed by atoms with E-state index in [2.05, 4.69) is 41.2 Å². The Morgan fingerprint density at radius 1 is 1.23 bits per heavy atom. The molecule has 2 heterocycles. The number of ether oxygens (including phenoxy) is 1. The van der Waals surface area contributed by atoms with Crippen LogP contribution >= 0.6 is 15.9 Å². The van der Waals surface area contributed by atoms with Gasteiger partial charge in [-0.2, -0.15) is 0 Å². The van der Waals surface area contributed by atoms with Crippen molar-refractivity contribution in [1.82, 2.24) is 0 Å². The van der Waals surface area contributed by atoms with Crippen molar-refractivity contribution in [1.29, 1.82) is 0 Å². The van der Waals surface area contributed by atoms with Crippen LogP contribution < -0.4 is 10.1 Å². The number of fused-ring (bicyclic) bond motifs is 4. The number of hydrogen-bond acceptors (Lipinski definition) is 2. The maximum absolute atomic E-state index is 13.7. The molecule has 114 valence electrons. The Bertz CT molecular complexity index is 759. The van der Waals surface area contributed by atoms with Gasteiger partial charge in [-0.05, 0) is 42.0 Å². The molecule has 2 aromatic carbocycles. The first kappa shape index (κ1) is 14.1. The maximum atomic E-state index is 13.7. The molecule has 2 nitrogen and oxygen atoms in total. The van der Waals surface area contributed by atoms with E-state index in [1.165, 1.54) is 6.07 Å². The van der Waals surface area contributed by atoms with Crippen molar-refractivity contribution in [2.24, 2.45) is 5.92 Å². The maximum Gasteiger partial charge on any atom is 0.124 e. The summed E-state index contributed by atoms with van der Waals surface area (Å²) in [6.45, 7) is 4.99. The number of anilines is 1.